The molecule has 0 aromatic rings. The number of hydrogen-bond donors (Lipinski definition) is 0. The first kappa shape index (κ1) is 10.2. The van der Waals surface area contributed by atoms with Crippen molar-refractivity contribution in [3.05, 3.63) is 0 Å². The zero-order chi connectivity index (χ0) is 4.99. The molecule has 0 aliphatic carbocycles. The molecule has 0 aliphatic rings. The van der Waals surface area contributed by atoms with E-state index in [9.17, 15) is 4.79 Å². The molecule has 0 spiro atoms. The molecule has 1 nitrogen and oxygen atoms in total. The van der Waals surface area contributed by atoms with Gasteiger partial charge in [0, 0.05) is 22.9 Å². The molecule has 0 heterocycles. The third kappa shape index (κ3) is 10.7. The molecule has 0 radical (unpaired) electrons. The Morgan fingerprint density at radius 2 is 2.00 bits per heavy atom. The van der Waals surface area contributed by atoms with Crippen LogP contribution in [0, 0.1) is 0 Å². The normalized spacial score (nSPS) is 7.14. The van der Waals surface area contributed by atoms with Gasteiger partial charge in [0.05, 0.1) is 0 Å². The van der Waals surface area contributed by atoms with Crippen molar-refractivity contribution >= 4 is 5.78 Å². The SMILES string of the molecule is CCCC(C)=O.[Ni]. The second-order valence-electron chi connectivity index (χ2n) is 1.45. The zero-order valence-electron chi connectivity index (χ0n) is 4.64. The van der Waals surface area contributed by atoms with Crippen LogP contribution in [0.25, 0.3) is 0 Å². The van der Waals surface area contributed by atoms with Crippen LogP contribution in [0.3, 0.4) is 0 Å². The van der Waals surface area contributed by atoms with E-state index >= 15 is 0 Å². The predicted molar refractivity (Wildman–Crippen MR) is 25.6 cm³/mol. The molecule has 0 aromatic carbocycles. The Kier molecular flexibility index (Phi) is 8.99. The van der Waals surface area contributed by atoms with E-state index in [0.717, 1.165) is 12.8 Å². The van der Waals surface area contributed by atoms with Gasteiger partial charge in [-0.3, -0.25) is 0 Å². The molecule has 0 saturated heterocycles. The molecule has 46 valence electrons. The molecular formula is C5H10NiO. The number of hydrogen-bond acceptors (Lipinski definition) is 1. The Labute approximate surface area is 54.4 Å². The van der Waals surface area contributed by atoms with Crippen molar-refractivity contribution in [2.75, 3.05) is 0 Å². The summed E-state index contributed by atoms with van der Waals surface area (Å²) in [6, 6.07) is 0. The summed E-state index contributed by atoms with van der Waals surface area (Å²) in [7, 11) is 0. The average molecular weight is 145 g/mol. The van der Waals surface area contributed by atoms with E-state index in [1.54, 1.807) is 6.92 Å². The van der Waals surface area contributed by atoms with Crippen molar-refractivity contribution in [2.24, 2.45) is 0 Å². The molecule has 0 N–H and O–H groups in total. The number of carbonyl (C=O) groups excluding carboxylic acids is 1. The smallest absolute Gasteiger partial charge is 0.129 e. The summed E-state index contributed by atoms with van der Waals surface area (Å²) in [6.07, 6.45) is 1.72. The van der Waals surface area contributed by atoms with E-state index in [4.69, 9.17) is 0 Å². The molecule has 7 heavy (non-hydrogen) atoms. The van der Waals surface area contributed by atoms with Crippen molar-refractivity contribution in [1.82, 2.24) is 0 Å². The van der Waals surface area contributed by atoms with Crippen molar-refractivity contribution in [1.29, 1.82) is 0 Å². The number of Topliss-reactive ketones (excluding diaryl/α,β-unsaturated/α-hetero) is 1. The van der Waals surface area contributed by atoms with E-state index in [1.807, 2.05) is 6.92 Å². The Balaban J connectivity index is 0. The van der Waals surface area contributed by atoms with Gasteiger partial charge in [0.15, 0.2) is 0 Å². The fourth-order valence-corrected chi connectivity index (χ4v) is 0.352. The Bertz CT molecular complexity index is 52.0. The average Bonchev–Trinajstić information content (AvgIpc) is 1.35. The summed E-state index contributed by atoms with van der Waals surface area (Å²) in [5.74, 6) is 0.289. The van der Waals surface area contributed by atoms with Gasteiger partial charge in [0.2, 0.25) is 0 Å². The molecule has 0 saturated carbocycles. The van der Waals surface area contributed by atoms with Gasteiger partial charge in [-0.2, -0.15) is 0 Å². The minimum absolute atomic E-state index is 0. The minimum atomic E-state index is 0. The second-order valence-corrected chi connectivity index (χ2v) is 1.45. The molecular weight excluding hydrogens is 135 g/mol. The fourth-order valence-electron chi connectivity index (χ4n) is 0.352. The quantitative estimate of drug-likeness (QED) is 0.536. The fraction of sp³-hybridized carbons (Fsp3) is 0.800. The van der Waals surface area contributed by atoms with Crippen molar-refractivity contribution in [2.45, 2.75) is 26.7 Å². The van der Waals surface area contributed by atoms with Crippen molar-refractivity contribution in [3.63, 3.8) is 0 Å². The van der Waals surface area contributed by atoms with Crippen LogP contribution < -0.4 is 0 Å². The Morgan fingerprint density at radius 3 is 2.00 bits per heavy atom. The predicted octanol–water partition coefficient (Wildman–Crippen LogP) is 1.37. The van der Waals surface area contributed by atoms with Crippen molar-refractivity contribution < 1.29 is 21.3 Å². The zero-order valence-corrected chi connectivity index (χ0v) is 5.63. The van der Waals surface area contributed by atoms with Crippen LogP contribution in [0.1, 0.15) is 26.7 Å². The van der Waals surface area contributed by atoms with Gasteiger partial charge < -0.3 is 4.79 Å². The van der Waals surface area contributed by atoms with E-state index in [1.165, 1.54) is 0 Å². The summed E-state index contributed by atoms with van der Waals surface area (Å²) in [4.78, 5) is 10.0. The van der Waals surface area contributed by atoms with Gasteiger partial charge in [0.25, 0.3) is 0 Å². The summed E-state index contributed by atoms with van der Waals surface area (Å²) in [5, 5.41) is 0. The standard InChI is InChI=1S/C5H10O.Ni/c1-3-4-5(2)6;/h3-4H2,1-2H3;. The molecule has 0 amide bonds. The van der Waals surface area contributed by atoms with Crippen molar-refractivity contribution in [3.8, 4) is 0 Å². The first-order valence-electron chi connectivity index (χ1n) is 2.26. The van der Waals surface area contributed by atoms with E-state index in [2.05, 4.69) is 0 Å². The molecule has 0 aromatic heterocycles. The topological polar surface area (TPSA) is 17.1 Å². The molecule has 0 unspecified atom stereocenters. The summed E-state index contributed by atoms with van der Waals surface area (Å²) in [6.45, 7) is 3.62. The van der Waals surface area contributed by atoms with Gasteiger partial charge in [-0.05, 0) is 13.3 Å². The van der Waals surface area contributed by atoms with Crippen LogP contribution in [-0.2, 0) is 21.3 Å². The number of rotatable bonds is 2. The maximum atomic E-state index is 10.0. The van der Waals surface area contributed by atoms with Gasteiger partial charge in [-0.1, -0.05) is 6.92 Å². The van der Waals surface area contributed by atoms with Gasteiger partial charge in [-0.25, -0.2) is 0 Å². The number of carbonyl (C=O) groups is 1. The van der Waals surface area contributed by atoms with Crippen LogP contribution in [0.5, 0.6) is 0 Å². The molecule has 0 aliphatic heterocycles. The second kappa shape index (κ2) is 6.16. The summed E-state index contributed by atoms with van der Waals surface area (Å²) < 4.78 is 0. The van der Waals surface area contributed by atoms with E-state index < -0.39 is 0 Å². The first-order chi connectivity index (χ1) is 2.77. The van der Waals surface area contributed by atoms with Crippen LogP contribution in [0.4, 0.5) is 0 Å². The molecule has 0 rings (SSSR count). The van der Waals surface area contributed by atoms with Crippen LogP contribution in [0.2, 0.25) is 0 Å². The third-order valence-electron chi connectivity index (χ3n) is 0.602. The van der Waals surface area contributed by atoms with Crippen LogP contribution in [-0.4, -0.2) is 5.78 Å². The van der Waals surface area contributed by atoms with Crippen LogP contribution >= 0.6 is 0 Å². The minimum Gasteiger partial charge on any atom is -0.300 e. The Morgan fingerprint density at radius 1 is 1.57 bits per heavy atom. The van der Waals surface area contributed by atoms with Gasteiger partial charge in [0.1, 0.15) is 5.78 Å². The number of ketones is 1. The maximum absolute atomic E-state index is 10.0. The first-order valence-corrected chi connectivity index (χ1v) is 2.26. The Hall–Kier alpha value is 0.164. The molecule has 2 heteroatoms. The summed E-state index contributed by atoms with van der Waals surface area (Å²) in [5.41, 5.74) is 0. The largest absolute Gasteiger partial charge is 0.300 e. The van der Waals surface area contributed by atoms with Gasteiger partial charge >= 0.3 is 0 Å². The van der Waals surface area contributed by atoms with Gasteiger partial charge in [-0.15, -0.1) is 0 Å². The maximum Gasteiger partial charge on any atom is 0.129 e. The van der Waals surface area contributed by atoms with E-state index in [-0.39, 0.29) is 22.3 Å². The monoisotopic (exact) mass is 144 g/mol. The molecule has 0 bridgehead atoms. The molecule has 0 atom stereocenters. The van der Waals surface area contributed by atoms with E-state index in [0.29, 0.717) is 0 Å². The van der Waals surface area contributed by atoms with Crippen LogP contribution in [0.15, 0.2) is 0 Å². The third-order valence-corrected chi connectivity index (χ3v) is 0.602. The summed E-state index contributed by atoms with van der Waals surface area (Å²) >= 11 is 0. The molecule has 0 fully saturated rings.